The first-order chi connectivity index (χ1) is 7.63. The maximum Gasteiger partial charge on any atom is 0.216 e. The van der Waals surface area contributed by atoms with E-state index in [1.807, 2.05) is 0 Å². The molecule has 4 nitrogen and oxygen atoms in total. The quantitative estimate of drug-likeness (QED) is 0.818. The third kappa shape index (κ3) is 1.71. The largest absolute Gasteiger partial charge is 0.496 e. The fourth-order valence-electron chi connectivity index (χ4n) is 1.42. The second-order valence-corrected chi connectivity index (χ2v) is 3.60. The van der Waals surface area contributed by atoms with Crippen LogP contribution in [0.2, 0.25) is 0 Å². The van der Waals surface area contributed by atoms with Crippen molar-refractivity contribution in [3.05, 3.63) is 28.8 Å². The highest BCUT2D eigenvalue weighted by molar-refractivity contribution is 7.71. The van der Waals surface area contributed by atoms with Gasteiger partial charge in [0.05, 0.1) is 12.7 Å². The zero-order chi connectivity index (χ0) is 11.7. The first-order valence-electron chi connectivity index (χ1n) is 4.59. The lowest BCUT2D eigenvalue weighted by molar-refractivity contribution is 0.413. The maximum atomic E-state index is 13.7. The van der Waals surface area contributed by atoms with E-state index >= 15 is 0 Å². The molecule has 0 atom stereocenters. The molecule has 1 N–H and O–H groups in total. The Morgan fingerprint density at radius 1 is 1.50 bits per heavy atom. The number of methoxy groups -OCH3 is 1. The molecule has 16 heavy (non-hydrogen) atoms. The van der Waals surface area contributed by atoms with E-state index in [2.05, 4.69) is 10.1 Å². The SMILES string of the molecule is COc1cccc(F)c1-c1nc(=S)n(C)[nH]1. The van der Waals surface area contributed by atoms with Crippen molar-refractivity contribution in [2.24, 2.45) is 7.05 Å². The predicted molar refractivity (Wildman–Crippen MR) is 60.3 cm³/mol. The highest BCUT2D eigenvalue weighted by atomic mass is 32.1. The van der Waals surface area contributed by atoms with Gasteiger partial charge in [-0.05, 0) is 24.4 Å². The van der Waals surface area contributed by atoms with Gasteiger partial charge in [0.25, 0.3) is 0 Å². The van der Waals surface area contributed by atoms with Crippen molar-refractivity contribution in [1.82, 2.24) is 14.8 Å². The summed E-state index contributed by atoms with van der Waals surface area (Å²) >= 11 is 4.95. The molecule has 1 aromatic carbocycles. The average Bonchev–Trinajstić information content (AvgIpc) is 2.58. The number of halogens is 1. The van der Waals surface area contributed by atoms with Crippen LogP contribution in [-0.2, 0) is 7.05 Å². The first kappa shape index (κ1) is 10.8. The van der Waals surface area contributed by atoms with E-state index in [-0.39, 0.29) is 5.56 Å². The topological polar surface area (TPSA) is 42.8 Å². The normalized spacial score (nSPS) is 10.4. The van der Waals surface area contributed by atoms with Gasteiger partial charge < -0.3 is 4.74 Å². The van der Waals surface area contributed by atoms with Crippen molar-refractivity contribution >= 4 is 12.2 Å². The van der Waals surface area contributed by atoms with Crippen LogP contribution in [0.3, 0.4) is 0 Å². The molecule has 0 aliphatic carbocycles. The molecule has 1 heterocycles. The van der Waals surface area contributed by atoms with E-state index in [1.165, 1.54) is 17.9 Å². The summed E-state index contributed by atoms with van der Waals surface area (Å²) in [5.41, 5.74) is 0.289. The Labute approximate surface area is 96.7 Å². The van der Waals surface area contributed by atoms with Crippen molar-refractivity contribution in [1.29, 1.82) is 0 Å². The Balaban J connectivity index is 2.67. The third-order valence-electron chi connectivity index (χ3n) is 2.20. The van der Waals surface area contributed by atoms with Gasteiger partial charge in [0.15, 0.2) is 5.82 Å². The minimum absolute atomic E-state index is 0.289. The molecule has 6 heteroatoms. The van der Waals surface area contributed by atoms with E-state index in [4.69, 9.17) is 17.0 Å². The van der Waals surface area contributed by atoms with Crippen LogP contribution in [0.15, 0.2) is 18.2 Å². The molecule has 0 spiro atoms. The number of aromatic nitrogens is 3. The summed E-state index contributed by atoms with van der Waals surface area (Å²) in [6.45, 7) is 0. The minimum Gasteiger partial charge on any atom is -0.496 e. The van der Waals surface area contributed by atoms with E-state index in [0.717, 1.165) is 0 Å². The van der Waals surface area contributed by atoms with Crippen LogP contribution in [-0.4, -0.2) is 21.9 Å². The molecule has 0 aliphatic rings. The maximum absolute atomic E-state index is 13.7. The van der Waals surface area contributed by atoms with Gasteiger partial charge in [-0.15, -0.1) is 0 Å². The van der Waals surface area contributed by atoms with Crippen LogP contribution in [0.5, 0.6) is 5.75 Å². The predicted octanol–water partition coefficient (Wildman–Crippen LogP) is 2.29. The summed E-state index contributed by atoms with van der Waals surface area (Å²) < 4.78 is 20.7. The number of rotatable bonds is 2. The molecule has 2 aromatic rings. The lowest BCUT2D eigenvalue weighted by Crippen LogP contribution is -1.94. The molecule has 0 radical (unpaired) electrons. The number of nitrogens with one attached hydrogen (secondary N) is 1. The summed E-state index contributed by atoms with van der Waals surface area (Å²) in [5.74, 6) is 0.385. The molecule has 84 valence electrons. The lowest BCUT2D eigenvalue weighted by atomic mass is 10.2. The van der Waals surface area contributed by atoms with Crippen LogP contribution in [0.1, 0.15) is 0 Å². The van der Waals surface area contributed by atoms with Gasteiger partial charge in [-0.25, -0.2) is 4.39 Å². The van der Waals surface area contributed by atoms with Gasteiger partial charge in [-0.1, -0.05) is 6.07 Å². The number of H-pyrrole nitrogens is 1. The Kier molecular flexibility index (Phi) is 2.74. The fourth-order valence-corrected chi connectivity index (χ4v) is 1.56. The van der Waals surface area contributed by atoms with Gasteiger partial charge in [0.1, 0.15) is 11.6 Å². The molecule has 0 saturated heterocycles. The zero-order valence-corrected chi connectivity index (χ0v) is 9.64. The van der Waals surface area contributed by atoms with E-state index in [0.29, 0.717) is 16.3 Å². The fraction of sp³-hybridized carbons (Fsp3) is 0.200. The summed E-state index contributed by atoms with van der Waals surface area (Å²) in [4.78, 5) is 4.05. The number of nitrogens with zero attached hydrogens (tertiary/aromatic N) is 2. The molecule has 0 unspecified atom stereocenters. The summed E-state index contributed by atoms with van der Waals surface area (Å²) in [7, 11) is 3.20. The van der Waals surface area contributed by atoms with E-state index in [9.17, 15) is 4.39 Å². The van der Waals surface area contributed by atoms with Gasteiger partial charge in [0.2, 0.25) is 4.77 Å². The first-order valence-corrected chi connectivity index (χ1v) is 5.00. The second kappa shape index (κ2) is 4.05. The number of ether oxygens (including phenoxy) is 1. The van der Waals surface area contributed by atoms with Crippen LogP contribution < -0.4 is 4.74 Å². The number of hydrogen-bond acceptors (Lipinski definition) is 3. The van der Waals surface area contributed by atoms with Crippen LogP contribution >= 0.6 is 12.2 Å². The molecular weight excluding hydrogens is 229 g/mol. The van der Waals surface area contributed by atoms with E-state index in [1.54, 1.807) is 19.2 Å². The molecule has 2 rings (SSSR count). The van der Waals surface area contributed by atoms with Crippen LogP contribution in [0, 0.1) is 10.6 Å². The summed E-state index contributed by atoms with van der Waals surface area (Å²) in [6.07, 6.45) is 0. The van der Waals surface area contributed by atoms with Crippen molar-refractivity contribution in [2.45, 2.75) is 0 Å². The number of hydrogen-bond donors (Lipinski definition) is 1. The number of aromatic amines is 1. The Morgan fingerprint density at radius 3 is 2.81 bits per heavy atom. The van der Waals surface area contributed by atoms with Crippen molar-refractivity contribution in [3.63, 3.8) is 0 Å². The number of benzene rings is 1. The summed E-state index contributed by atoms with van der Waals surface area (Å²) in [6, 6.07) is 4.60. The van der Waals surface area contributed by atoms with Gasteiger partial charge >= 0.3 is 0 Å². The number of aryl methyl sites for hydroxylation is 1. The molecule has 0 amide bonds. The van der Waals surface area contributed by atoms with Gasteiger partial charge in [-0.2, -0.15) is 4.98 Å². The third-order valence-corrected chi connectivity index (χ3v) is 2.57. The Morgan fingerprint density at radius 2 is 2.25 bits per heavy atom. The molecule has 0 fully saturated rings. The molecular formula is C10H10FN3OS. The van der Waals surface area contributed by atoms with Crippen molar-refractivity contribution in [3.8, 4) is 17.1 Å². The Hall–Kier alpha value is -1.69. The average molecular weight is 239 g/mol. The van der Waals surface area contributed by atoms with Gasteiger partial charge in [-0.3, -0.25) is 9.78 Å². The monoisotopic (exact) mass is 239 g/mol. The van der Waals surface area contributed by atoms with Crippen LogP contribution in [0.4, 0.5) is 4.39 Å². The molecule has 0 bridgehead atoms. The minimum atomic E-state index is -0.399. The Bertz CT molecular complexity index is 576. The zero-order valence-electron chi connectivity index (χ0n) is 8.82. The van der Waals surface area contributed by atoms with Gasteiger partial charge in [0, 0.05) is 7.05 Å². The van der Waals surface area contributed by atoms with E-state index < -0.39 is 5.82 Å². The smallest absolute Gasteiger partial charge is 0.216 e. The highest BCUT2D eigenvalue weighted by Crippen LogP contribution is 2.29. The molecule has 0 aliphatic heterocycles. The highest BCUT2D eigenvalue weighted by Gasteiger charge is 2.14. The van der Waals surface area contributed by atoms with Crippen molar-refractivity contribution < 1.29 is 9.13 Å². The van der Waals surface area contributed by atoms with Crippen molar-refractivity contribution in [2.75, 3.05) is 7.11 Å². The second-order valence-electron chi connectivity index (χ2n) is 3.23. The standard InChI is InChI=1S/C10H10FN3OS/c1-14-10(16)12-9(13-14)8-6(11)4-3-5-7(8)15-2/h3-5H,1-2H3,(H,12,13,16). The molecule has 0 saturated carbocycles. The van der Waals surface area contributed by atoms with Crippen LogP contribution in [0.25, 0.3) is 11.4 Å². The molecule has 1 aromatic heterocycles. The lowest BCUT2D eigenvalue weighted by Gasteiger charge is -2.06. The summed E-state index contributed by atoms with van der Waals surface area (Å²) in [5, 5.41) is 2.86.